The monoisotopic (exact) mass is 197 g/mol. The number of hydrogen-bond donors (Lipinski definition) is 1. The van der Waals surface area contributed by atoms with Crippen molar-refractivity contribution in [2.45, 2.75) is 31.3 Å². The van der Waals surface area contributed by atoms with Crippen molar-refractivity contribution in [3.63, 3.8) is 0 Å². The lowest BCUT2D eigenvalue weighted by Gasteiger charge is -2.38. The second kappa shape index (κ2) is 3.21. The molecule has 1 saturated heterocycles. The van der Waals surface area contributed by atoms with Crippen molar-refractivity contribution >= 4 is 5.91 Å². The summed E-state index contributed by atoms with van der Waals surface area (Å²) >= 11 is 0. The van der Waals surface area contributed by atoms with Gasteiger partial charge in [0.1, 0.15) is 0 Å². The maximum absolute atomic E-state index is 11.9. The molecular formula is C10H19N3O. The molecule has 0 aromatic heterocycles. The van der Waals surface area contributed by atoms with E-state index >= 15 is 0 Å². The third-order valence-corrected chi connectivity index (χ3v) is 3.46. The molecule has 1 saturated carbocycles. The minimum Gasteiger partial charge on any atom is -0.338 e. The number of rotatable bonds is 1. The molecule has 2 N–H and O–H groups in total. The first-order valence-corrected chi connectivity index (χ1v) is 5.31. The molecule has 2 aliphatic rings. The van der Waals surface area contributed by atoms with Crippen LogP contribution in [0.3, 0.4) is 0 Å². The van der Waals surface area contributed by atoms with Crippen LogP contribution in [0.5, 0.6) is 0 Å². The molecule has 2 fully saturated rings. The fourth-order valence-corrected chi connectivity index (χ4v) is 1.90. The molecule has 1 aliphatic heterocycles. The molecule has 1 unspecified atom stereocenters. The summed E-state index contributed by atoms with van der Waals surface area (Å²) in [7, 11) is 2.10. The van der Waals surface area contributed by atoms with Gasteiger partial charge in [0.05, 0.1) is 5.54 Å². The third-order valence-electron chi connectivity index (χ3n) is 3.46. The standard InChI is InChI=1S/C10H19N3O/c1-8-7-13(6-5-12(8)2)9(14)10(11)3-4-10/h8H,3-7,11H2,1-2H3. The number of nitrogens with zero attached hydrogens (tertiary/aromatic N) is 2. The Morgan fingerprint density at radius 2 is 2.07 bits per heavy atom. The van der Waals surface area contributed by atoms with Crippen molar-refractivity contribution in [3.05, 3.63) is 0 Å². The molecule has 0 aromatic rings. The topological polar surface area (TPSA) is 49.6 Å². The Bertz CT molecular complexity index is 250. The average Bonchev–Trinajstić information content (AvgIpc) is 2.89. The van der Waals surface area contributed by atoms with Crippen LogP contribution in [0.4, 0.5) is 0 Å². The van der Waals surface area contributed by atoms with Gasteiger partial charge in [-0.15, -0.1) is 0 Å². The largest absolute Gasteiger partial charge is 0.338 e. The number of carbonyl (C=O) groups excluding carboxylic acids is 1. The first kappa shape index (κ1) is 9.93. The summed E-state index contributed by atoms with van der Waals surface area (Å²) in [5, 5.41) is 0. The molecule has 14 heavy (non-hydrogen) atoms. The number of hydrogen-bond acceptors (Lipinski definition) is 3. The van der Waals surface area contributed by atoms with Crippen molar-refractivity contribution in [2.24, 2.45) is 5.73 Å². The van der Waals surface area contributed by atoms with Crippen LogP contribution in [0.2, 0.25) is 0 Å². The summed E-state index contributed by atoms with van der Waals surface area (Å²) in [5.41, 5.74) is 5.41. The molecule has 1 aliphatic carbocycles. The van der Waals surface area contributed by atoms with Gasteiger partial charge in [-0.1, -0.05) is 0 Å². The molecular weight excluding hydrogens is 178 g/mol. The fraction of sp³-hybridized carbons (Fsp3) is 0.900. The van der Waals surface area contributed by atoms with Gasteiger partial charge in [-0.3, -0.25) is 4.79 Å². The maximum atomic E-state index is 11.9. The van der Waals surface area contributed by atoms with Crippen LogP contribution in [0, 0.1) is 0 Å². The van der Waals surface area contributed by atoms with Crippen LogP contribution < -0.4 is 5.73 Å². The van der Waals surface area contributed by atoms with Crippen molar-refractivity contribution in [1.29, 1.82) is 0 Å². The van der Waals surface area contributed by atoms with E-state index in [2.05, 4.69) is 18.9 Å². The predicted molar refractivity (Wildman–Crippen MR) is 54.8 cm³/mol. The summed E-state index contributed by atoms with van der Waals surface area (Å²) in [6.45, 7) is 4.77. The summed E-state index contributed by atoms with van der Waals surface area (Å²) in [4.78, 5) is 16.1. The van der Waals surface area contributed by atoms with E-state index in [9.17, 15) is 4.79 Å². The van der Waals surface area contributed by atoms with Gasteiger partial charge in [0.2, 0.25) is 5.91 Å². The van der Waals surface area contributed by atoms with Crippen molar-refractivity contribution in [1.82, 2.24) is 9.80 Å². The zero-order chi connectivity index (χ0) is 10.3. The Morgan fingerprint density at radius 3 is 2.57 bits per heavy atom. The summed E-state index contributed by atoms with van der Waals surface area (Å²) in [6, 6.07) is 0.454. The SMILES string of the molecule is CC1CN(C(=O)C2(N)CC2)CCN1C. The lowest BCUT2D eigenvalue weighted by atomic mass is 10.1. The fourth-order valence-electron chi connectivity index (χ4n) is 1.90. The normalized spacial score (nSPS) is 31.6. The van der Waals surface area contributed by atoms with Crippen LogP contribution in [-0.4, -0.2) is 54.0 Å². The number of amides is 1. The molecule has 1 atom stereocenters. The zero-order valence-corrected chi connectivity index (χ0v) is 8.99. The Balaban J connectivity index is 1.96. The molecule has 1 amide bonds. The molecule has 0 radical (unpaired) electrons. The van der Waals surface area contributed by atoms with E-state index in [1.807, 2.05) is 4.90 Å². The lowest BCUT2D eigenvalue weighted by molar-refractivity contribution is -0.136. The molecule has 4 heteroatoms. The number of carbonyl (C=O) groups is 1. The van der Waals surface area contributed by atoms with E-state index in [0.717, 1.165) is 32.5 Å². The molecule has 2 rings (SSSR count). The van der Waals surface area contributed by atoms with Gasteiger partial charge in [-0.2, -0.15) is 0 Å². The van der Waals surface area contributed by atoms with Crippen LogP contribution in [-0.2, 0) is 4.79 Å². The number of piperazine rings is 1. The van der Waals surface area contributed by atoms with E-state index < -0.39 is 5.54 Å². The summed E-state index contributed by atoms with van der Waals surface area (Å²) in [5.74, 6) is 0.164. The van der Waals surface area contributed by atoms with E-state index in [4.69, 9.17) is 5.73 Å². The van der Waals surface area contributed by atoms with Gasteiger partial charge in [0.15, 0.2) is 0 Å². The van der Waals surface area contributed by atoms with Crippen LogP contribution in [0.1, 0.15) is 19.8 Å². The van der Waals surface area contributed by atoms with Gasteiger partial charge < -0.3 is 15.5 Å². The van der Waals surface area contributed by atoms with Gasteiger partial charge in [-0.25, -0.2) is 0 Å². The van der Waals surface area contributed by atoms with E-state index in [1.54, 1.807) is 0 Å². The highest BCUT2D eigenvalue weighted by Crippen LogP contribution is 2.34. The highest BCUT2D eigenvalue weighted by Gasteiger charge is 2.48. The van der Waals surface area contributed by atoms with Crippen molar-refractivity contribution in [2.75, 3.05) is 26.7 Å². The Hall–Kier alpha value is -0.610. The lowest BCUT2D eigenvalue weighted by Crippen LogP contribution is -2.56. The van der Waals surface area contributed by atoms with Gasteiger partial charge in [0, 0.05) is 25.7 Å². The molecule has 0 bridgehead atoms. The molecule has 80 valence electrons. The van der Waals surface area contributed by atoms with Gasteiger partial charge in [0.25, 0.3) is 0 Å². The van der Waals surface area contributed by atoms with Crippen molar-refractivity contribution < 1.29 is 4.79 Å². The first-order chi connectivity index (χ1) is 6.53. The molecule has 1 heterocycles. The highest BCUT2D eigenvalue weighted by atomic mass is 16.2. The number of nitrogens with two attached hydrogens (primary N) is 1. The highest BCUT2D eigenvalue weighted by molar-refractivity contribution is 5.89. The van der Waals surface area contributed by atoms with E-state index in [1.165, 1.54) is 0 Å². The summed E-state index contributed by atoms with van der Waals surface area (Å²) < 4.78 is 0. The Kier molecular flexibility index (Phi) is 2.27. The Morgan fingerprint density at radius 1 is 1.43 bits per heavy atom. The summed E-state index contributed by atoms with van der Waals surface area (Å²) in [6.07, 6.45) is 1.74. The minimum atomic E-state index is -0.490. The average molecular weight is 197 g/mol. The Labute approximate surface area is 85.0 Å². The zero-order valence-electron chi connectivity index (χ0n) is 8.99. The van der Waals surface area contributed by atoms with Crippen LogP contribution in [0.25, 0.3) is 0 Å². The quantitative estimate of drug-likeness (QED) is 0.624. The van der Waals surface area contributed by atoms with E-state index in [0.29, 0.717) is 6.04 Å². The minimum absolute atomic E-state index is 0.164. The maximum Gasteiger partial charge on any atom is 0.242 e. The molecule has 0 spiro atoms. The number of likely N-dealkylation sites (N-methyl/N-ethyl adjacent to an activating group) is 1. The van der Waals surface area contributed by atoms with Crippen molar-refractivity contribution in [3.8, 4) is 0 Å². The van der Waals surface area contributed by atoms with Crippen LogP contribution >= 0.6 is 0 Å². The van der Waals surface area contributed by atoms with Gasteiger partial charge in [-0.05, 0) is 26.8 Å². The first-order valence-electron chi connectivity index (χ1n) is 5.31. The van der Waals surface area contributed by atoms with E-state index in [-0.39, 0.29) is 5.91 Å². The second-order valence-electron chi connectivity index (χ2n) is 4.74. The second-order valence-corrected chi connectivity index (χ2v) is 4.74. The predicted octanol–water partition coefficient (Wildman–Crippen LogP) is -0.360. The smallest absolute Gasteiger partial charge is 0.242 e. The van der Waals surface area contributed by atoms with Crippen LogP contribution in [0.15, 0.2) is 0 Å². The molecule has 4 nitrogen and oxygen atoms in total. The third kappa shape index (κ3) is 1.64. The van der Waals surface area contributed by atoms with Gasteiger partial charge >= 0.3 is 0 Å². The molecule has 0 aromatic carbocycles.